The van der Waals surface area contributed by atoms with Crippen LogP contribution in [0.4, 0.5) is 5.82 Å². The summed E-state index contributed by atoms with van der Waals surface area (Å²) in [6.07, 6.45) is 2.00. The average molecular weight is 270 g/mol. The van der Waals surface area contributed by atoms with Gasteiger partial charge in [0.15, 0.2) is 0 Å². The number of aryl methyl sites for hydroxylation is 3. The topological polar surface area (TPSA) is 47.7 Å². The largest absolute Gasteiger partial charge is 0.365 e. The van der Waals surface area contributed by atoms with E-state index in [-0.39, 0.29) is 12.4 Å². The monoisotopic (exact) mass is 269 g/mol. The minimum absolute atomic E-state index is 0. The van der Waals surface area contributed by atoms with Gasteiger partial charge in [-0.3, -0.25) is 4.68 Å². The number of nitrogens with zero attached hydrogens (tertiary/aromatic N) is 4. The molecule has 2 aromatic heterocycles. The Morgan fingerprint density at radius 2 is 2.00 bits per heavy atom. The van der Waals surface area contributed by atoms with Gasteiger partial charge < -0.3 is 5.32 Å². The van der Waals surface area contributed by atoms with Crippen LogP contribution in [0.1, 0.15) is 25.2 Å². The molecule has 0 aliphatic rings. The van der Waals surface area contributed by atoms with E-state index in [1.54, 1.807) is 0 Å². The van der Waals surface area contributed by atoms with Gasteiger partial charge in [-0.2, -0.15) is 10.2 Å². The van der Waals surface area contributed by atoms with Crippen molar-refractivity contribution in [2.45, 2.75) is 40.4 Å². The Bertz CT molecular complexity index is 488. The predicted octanol–water partition coefficient (Wildman–Crippen LogP) is 2.46. The average Bonchev–Trinajstić information content (AvgIpc) is 2.92. The van der Waals surface area contributed by atoms with Crippen molar-refractivity contribution in [3.8, 4) is 0 Å². The van der Waals surface area contributed by atoms with Crippen LogP contribution in [0.25, 0.3) is 0 Å². The van der Waals surface area contributed by atoms with Gasteiger partial charge >= 0.3 is 0 Å². The fourth-order valence-electron chi connectivity index (χ4n) is 1.78. The summed E-state index contributed by atoms with van der Waals surface area (Å²) in [5, 5.41) is 12.2. The minimum Gasteiger partial charge on any atom is -0.365 e. The zero-order chi connectivity index (χ0) is 12.3. The molecule has 0 amide bonds. The molecular formula is C12H20ClN5. The molecule has 0 fully saturated rings. The van der Waals surface area contributed by atoms with Crippen LogP contribution < -0.4 is 5.32 Å². The third-order valence-corrected chi connectivity index (χ3v) is 2.67. The maximum absolute atomic E-state index is 4.43. The van der Waals surface area contributed by atoms with Gasteiger partial charge in [0.05, 0.1) is 17.9 Å². The normalized spacial score (nSPS) is 10.2. The Kier molecular flexibility index (Phi) is 5.22. The molecule has 0 aliphatic heterocycles. The molecule has 1 N–H and O–H groups in total. The van der Waals surface area contributed by atoms with Crippen molar-refractivity contribution in [1.29, 1.82) is 0 Å². The van der Waals surface area contributed by atoms with Gasteiger partial charge in [0.2, 0.25) is 0 Å². The van der Waals surface area contributed by atoms with Crippen molar-refractivity contribution >= 4 is 18.2 Å². The number of hydrogen-bond acceptors (Lipinski definition) is 3. The lowest BCUT2D eigenvalue weighted by Crippen LogP contribution is -2.07. The van der Waals surface area contributed by atoms with Crippen molar-refractivity contribution in [2.24, 2.45) is 0 Å². The first-order valence-corrected chi connectivity index (χ1v) is 6.03. The first-order valence-electron chi connectivity index (χ1n) is 6.03. The molecule has 6 heteroatoms. The lowest BCUT2D eigenvalue weighted by molar-refractivity contribution is 0.643. The van der Waals surface area contributed by atoms with Crippen LogP contribution in [0.15, 0.2) is 18.3 Å². The van der Waals surface area contributed by atoms with Gasteiger partial charge in [0.25, 0.3) is 0 Å². The van der Waals surface area contributed by atoms with Gasteiger partial charge in [-0.25, -0.2) is 4.68 Å². The van der Waals surface area contributed by atoms with Crippen LogP contribution in [0.5, 0.6) is 0 Å². The molecule has 0 radical (unpaired) electrons. The molecule has 0 unspecified atom stereocenters. The summed E-state index contributed by atoms with van der Waals surface area (Å²) < 4.78 is 3.89. The first kappa shape index (κ1) is 14.6. The summed E-state index contributed by atoms with van der Waals surface area (Å²) in [4.78, 5) is 0. The van der Waals surface area contributed by atoms with Gasteiger partial charge in [-0.1, -0.05) is 0 Å². The molecule has 2 rings (SSSR count). The second-order valence-corrected chi connectivity index (χ2v) is 4.00. The molecular weight excluding hydrogens is 250 g/mol. The maximum atomic E-state index is 4.43. The second-order valence-electron chi connectivity index (χ2n) is 4.00. The number of anilines is 1. The van der Waals surface area contributed by atoms with Gasteiger partial charge in [0.1, 0.15) is 5.82 Å². The van der Waals surface area contributed by atoms with Gasteiger partial charge in [-0.15, -0.1) is 12.4 Å². The molecule has 5 nitrogen and oxygen atoms in total. The summed E-state index contributed by atoms with van der Waals surface area (Å²) in [6.45, 7) is 8.69. The molecule has 0 aliphatic carbocycles. The first-order chi connectivity index (χ1) is 8.22. The summed E-state index contributed by atoms with van der Waals surface area (Å²) >= 11 is 0. The van der Waals surface area contributed by atoms with Crippen molar-refractivity contribution in [3.05, 3.63) is 29.7 Å². The fourth-order valence-corrected chi connectivity index (χ4v) is 1.78. The van der Waals surface area contributed by atoms with E-state index >= 15 is 0 Å². The molecule has 2 aromatic rings. The number of rotatable bonds is 5. The smallest absolute Gasteiger partial charge is 0.124 e. The Morgan fingerprint density at radius 1 is 1.22 bits per heavy atom. The van der Waals surface area contributed by atoms with Crippen LogP contribution in [0, 0.1) is 6.92 Å². The molecule has 0 saturated carbocycles. The standard InChI is InChI=1S/C12H19N5.ClH/c1-4-16-7-6-11(15-16)9-13-12-8-10(3)14-17(12)5-2;/h6-8,13H,4-5,9H2,1-3H3;1H. The SMILES string of the molecule is CCn1ccc(CNc2cc(C)nn2CC)n1.Cl. The molecule has 0 spiro atoms. The number of halogens is 1. The third kappa shape index (κ3) is 3.26. The lowest BCUT2D eigenvalue weighted by Gasteiger charge is -2.06. The molecule has 0 atom stereocenters. The highest BCUT2D eigenvalue weighted by Gasteiger charge is 2.04. The number of nitrogens with one attached hydrogen (secondary N) is 1. The molecule has 0 saturated heterocycles. The Morgan fingerprint density at radius 3 is 2.61 bits per heavy atom. The predicted molar refractivity (Wildman–Crippen MR) is 75.1 cm³/mol. The molecule has 0 bridgehead atoms. The van der Waals surface area contributed by atoms with Crippen LogP contribution in [0.3, 0.4) is 0 Å². The van der Waals surface area contributed by atoms with Gasteiger partial charge in [0, 0.05) is 25.4 Å². The Balaban J connectivity index is 0.00000162. The van der Waals surface area contributed by atoms with Crippen LogP contribution in [0.2, 0.25) is 0 Å². The molecule has 100 valence electrons. The summed E-state index contributed by atoms with van der Waals surface area (Å²) in [6, 6.07) is 4.09. The summed E-state index contributed by atoms with van der Waals surface area (Å²) in [5.41, 5.74) is 2.08. The van der Waals surface area contributed by atoms with E-state index < -0.39 is 0 Å². The highest BCUT2D eigenvalue weighted by Crippen LogP contribution is 2.11. The molecule has 18 heavy (non-hydrogen) atoms. The highest BCUT2D eigenvalue weighted by atomic mass is 35.5. The minimum atomic E-state index is 0. The highest BCUT2D eigenvalue weighted by molar-refractivity contribution is 5.85. The van der Waals surface area contributed by atoms with E-state index in [0.717, 1.165) is 36.8 Å². The maximum Gasteiger partial charge on any atom is 0.124 e. The summed E-state index contributed by atoms with van der Waals surface area (Å²) in [5.74, 6) is 1.05. The van der Waals surface area contributed by atoms with E-state index in [1.165, 1.54) is 0 Å². The third-order valence-electron chi connectivity index (χ3n) is 2.67. The molecule has 2 heterocycles. The van der Waals surface area contributed by atoms with Crippen LogP contribution in [-0.4, -0.2) is 19.6 Å². The van der Waals surface area contributed by atoms with E-state index in [0.29, 0.717) is 0 Å². The van der Waals surface area contributed by atoms with E-state index in [9.17, 15) is 0 Å². The van der Waals surface area contributed by atoms with Crippen molar-refractivity contribution in [3.63, 3.8) is 0 Å². The van der Waals surface area contributed by atoms with Crippen molar-refractivity contribution < 1.29 is 0 Å². The zero-order valence-corrected chi connectivity index (χ0v) is 11.9. The van der Waals surface area contributed by atoms with Crippen LogP contribution >= 0.6 is 12.4 Å². The lowest BCUT2D eigenvalue weighted by atomic mass is 10.4. The summed E-state index contributed by atoms with van der Waals surface area (Å²) in [7, 11) is 0. The fraction of sp³-hybridized carbons (Fsp3) is 0.500. The number of aromatic nitrogens is 4. The molecule has 0 aromatic carbocycles. The second kappa shape index (κ2) is 6.44. The van der Waals surface area contributed by atoms with E-state index in [4.69, 9.17) is 0 Å². The quantitative estimate of drug-likeness (QED) is 0.907. The van der Waals surface area contributed by atoms with E-state index in [1.807, 2.05) is 28.6 Å². The van der Waals surface area contributed by atoms with Gasteiger partial charge in [-0.05, 0) is 26.8 Å². The Hall–Kier alpha value is -1.49. The van der Waals surface area contributed by atoms with Crippen LogP contribution in [-0.2, 0) is 19.6 Å². The zero-order valence-electron chi connectivity index (χ0n) is 11.1. The van der Waals surface area contributed by atoms with Crippen molar-refractivity contribution in [1.82, 2.24) is 19.6 Å². The number of hydrogen-bond donors (Lipinski definition) is 1. The van der Waals surface area contributed by atoms with E-state index in [2.05, 4.69) is 35.4 Å². The van der Waals surface area contributed by atoms with Crippen molar-refractivity contribution in [2.75, 3.05) is 5.32 Å². The Labute approximate surface area is 114 Å².